The zero-order valence-electron chi connectivity index (χ0n) is 14.1. The van der Waals surface area contributed by atoms with Crippen molar-refractivity contribution in [2.24, 2.45) is 0 Å². The highest BCUT2D eigenvalue weighted by Crippen LogP contribution is 2.37. The van der Waals surface area contributed by atoms with Crippen molar-refractivity contribution in [3.63, 3.8) is 0 Å². The molecule has 0 saturated carbocycles. The van der Waals surface area contributed by atoms with Crippen molar-refractivity contribution in [3.8, 4) is 11.5 Å². The molecule has 0 atom stereocenters. The van der Waals surface area contributed by atoms with Crippen LogP contribution < -0.4 is 15.4 Å². The Morgan fingerprint density at radius 2 is 1.59 bits per heavy atom. The Hall–Kier alpha value is -3.42. The molecule has 0 unspecified atom stereocenters. The monoisotopic (exact) mass is 376 g/mol. The molecule has 0 aliphatic carbocycles. The largest absolute Gasteiger partial charge is 0.455 e. The van der Waals surface area contributed by atoms with Crippen molar-refractivity contribution in [1.29, 1.82) is 0 Å². The summed E-state index contributed by atoms with van der Waals surface area (Å²) in [5, 5.41) is 4.64. The quantitative estimate of drug-likeness (QED) is 0.583. The molecular formula is C19H15F3N2O3. The molecule has 0 radical (unpaired) electrons. The average Bonchev–Trinajstić information content (AvgIpc) is 2.98. The third kappa shape index (κ3) is 4.60. The smallest absolute Gasteiger partial charge is 0.451 e. The minimum atomic E-state index is -4.72. The minimum absolute atomic E-state index is 0.0328. The molecule has 2 amide bonds. The van der Waals surface area contributed by atoms with Crippen LogP contribution in [0.3, 0.4) is 0 Å². The lowest BCUT2D eigenvalue weighted by Gasteiger charge is -2.13. The zero-order chi connectivity index (χ0) is 19.4. The summed E-state index contributed by atoms with van der Waals surface area (Å²) in [4.78, 5) is 12.2. The minimum Gasteiger partial charge on any atom is -0.455 e. The number of ether oxygens (including phenoxy) is 1. The van der Waals surface area contributed by atoms with Crippen molar-refractivity contribution < 1.29 is 27.1 Å². The van der Waals surface area contributed by atoms with E-state index in [0.717, 1.165) is 6.07 Å². The third-order valence-electron chi connectivity index (χ3n) is 3.47. The van der Waals surface area contributed by atoms with E-state index in [-0.39, 0.29) is 5.76 Å². The van der Waals surface area contributed by atoms with Gasteiger partial charge in [0.15, 0.2) is 5.75 Å². The Balaban J connectivity index is 1.76. The first-order valence-corrected chi connectivity index (χ1v) is 7.90. The van der Waals surface area contributed by atoms with Crippen LogP contribution in [0.4, 0.5) is 29.3 Å². The first-order valence-electron chi connectivity index (χ1n) is 7.90. The number of amides is 2. The molecule has 3 aromatic rings. The van der Waals surface area contributed by atoms with Crippen LogP contribution in [0.1, 0.15) is 11.5 Å². The van der Waals surface area contributed by atoms with Crippen LogP contribution in [0.5, 0.6) is 11.5 Å². The van der Waals surface area contributed by atoms with Crippen molar-refractivity contribution in [2.75, 3.05) is 10.6 Å². The van der Waals surface area contributed by atoms with Gasteiger partial charge in [0.05, 0.1) is 11.4 Å². The number of alkyl halides is 3. The predicted molar refractivity (Wildman–Crippen MR) is 94.0 cm³/mol. The van der Waals surface area contributed by atoms with E-state index >= 15 is 0 Å². The van der Waals surface area contributed by atoms with Gasteiger partial charge in [-0.2, -0.15) is 13.2 Å². The molecule has 27 heavy (non-hydrogen) atoms. The highest BCUT2D eigenvalue weighted by atomic mass is 19.4. The zero-order valence-corrected chi connectivity index (χ0v) is 14.1. The van der Waals surface area contributed by atoms with Crippen LogP contribution in [-0.2, 0) is 6.18 Å². The van der Waals surface area contributed by atoms with Crippen molar-refractivity contribution in [1.82, 2.24) is 0 Å². The molecule has 0 fully saturated rings. The number of hydrogen-bond acceptors (Lipinski definition) is 3. The molecule has 5 nitrogen and oxygen atoms in total. The molecule has 1 heterocycles. The van der Waals surface area contributed by atoms with Crippen LogP contribution >= 0.6 is 0 Å². The number of nitrogens with one attached hydrogen (secondary N) is 2. The molecular weight excluding hydrogens is 361 g/mol. The lowest BCUT2D eigenvalue weighted by Crippen LogP contribution is -2.21. The standard InChI is InChI=1S/C19H15F3N2O3/c1-12-11-15(17(26-12)19(20,21)22)24-18(25)23-14-9-5-6-10-16(14)27-13-7-3-2-4-8-13/h2-11H,1H3,(H2,23,24,25). The first kappa shape index (κ1) is 18.4. The van der Waals surface area contributed by atoms with Crippen molar-refractivity contribution in [3.05, 3.63) is 72.2 Å². The second-order valence-corrected chi connectivity index (χ2v) is 5.59. The number of furan rings is 1. The molecule has 8 heteroatoms. The number of benzene rings is 2. The van der Waals surface area contributed by atoms with Gasteiger partial charge in [0.25, 0.3) is 0 Å². The lowest BCUT2D eigenvalue weighted by molar-refractivity contribution is -0.152. The van der Waals surface area contributed by atoms with Crippen molar-refractivity contribution in [2.45, 2.75) is 13.1 Å². The fraction of sp³-hybridized carbons (Fsp3) is 0.105. The van der Waals surface area contributed by atoms with Crippen LogP contribution in [0, 0.1) is 6.92 Å². The summed E-state index contributed by atoms with van der Waals surface area (Å²) in [5.74, 6) is -0.329. The van der Waals surface area contributed by atoms with Gasteiger partial charge in [0.2, 0.25) is 5.76 Å². The number of halogens is 3. The van der Waals surface area contributed by atoms with E-state index in [1.54, 1.807) is 48.5 Å². The van der Waals surface area contributed by atoms with Gasteiger partial charge in [-0.1, -0.05) is 30.3 Å². The van der Waals surface area contributed by atoms with Crippen LogP contribution in [0.15, 0.2) is 65.1 Å². The van der Waals surface area contributed by atoms with Crippen LogP contribution in [-0.4, -0.2) is 6.03 Å². The Morgan fingerprint density at radius 3 is 2.30 bits per heavy atom. The molecule has 3 rings (SSSR count). The third-order valence-corrected chi connectivity index (χ3v) is 3.47. The number of aryl methyl sites for hydroxylation is 1. The summed E-state index contributed by atoms with van der Waals surface area (Å²) in [6.45, 7) is 1.36. The van der Waals surface area contributed by atoms with Gasteiger partial charge in [-0.25, -0.2) is 4.79 Å². The molecule has 0 saturated heterocycles. The molecule has 0 aliphatic rings. The number of carbonyl (C=O) groups is 1. The lowest BCUT2D eigenvalue weighted by atomic mass is 10.3. The average molecular weight is 376 g/mol. The fourth-order valence-electron chi connectivity index (χ4n) is 2.37. The van der Waals surface area contributed by atoms with E-state index < -0.39 is 23.7 Å². The molecule has 2 N–H and O–H groups in total. The van der Waals surface area contributed by atoms with E-state index in [9.17, 15) is 18.0 Å². The number of rotatable bonds is 4. The van der Waals surface area contributed by atoms with Gasteiger partial charge in [0, 0.05) is 6.07 Å². The molecule has 0 spiro atoms. The predicted octanol–water partition coefficient (Wildman–Crippen LogP) is 6.04. The van der Waals surface area contributed by atoms with Gasteiger partial charge in [-0.15, -0.1) is 0 Å². The molecule has 0 bridgehead atoms. The van der Waals surface area contributed by atoms with E-state index in [0.29, 0.717) is 17.2 Å². The summed E-state index contributed by atoms with van der Waals surface area (Å²) in [6.07, 6.45) is -4.72. The van der Waals surface area contributed by atoms with Gasteiger partial charge in [0.1, 0.15) is 11.5 Å². The van der Waals surface area contributed by atoms with Gasteiger partial charge in [-0.3, -0.25) is 0 Å². The van der Waals surface area contributed by atoms with Gasteiger partial charge >= 0.3 is 12.2 Å². The summed E-state index contributed by atoms with van der Waals surface area (Å²) in [7, 11) is 0. The summed E-state index contributed by atoms with van der Waals surface area (Å²) >= 11 is 0. The topological polar surface area (TPSA) is 63.5 Å². The highest BCUT2D eigenvalue weighted by molar-refractivity contribution is 6.01. The van der Waals surface area contributed by atoms with Crippen LogP contribution in [0.25, 0.3) is 0 Å². The van der Waals surface area contributed by atoms with E-state index in [1.165, 1.54) is 6.92 Å². The summed E-state index contributed by atoms with van der Waals surface area (Å²) in [5.41, 5.74) is -0.161. The second kappa shape index (κ2) is 7.45. The number of anilines is 2. The Labute approximate surface area is 152 Å². The molecule has 1 aromatic heterocycles. The number of para-hydroxylation sites is 3. The highest BCUT2D eigenvalue weighted by Gasteiger charge is 2.38. The second-order valence-electron chi connectivity index (χ2n) is 5.59. The summed E-state index contributed by atoms with van der Waals surface area (Å²) in [6, 6.07) is 15.7. The fourth-order valence-corrected chi connectivity index (χ4v) is 2.37. The molecule has 2 aromatic carbocycles. The van der Waals surface area contributed by atoms with Crippen molar-refractivity contribution >= 4 is 17.4 Å². The van der Waals surface area contributed by atoms with Gasteiger partial charge < -0.3 is 19.8 Å². The maximum Gasteiger partial charge on any atom is 0.451 e. The van der Waals surface area contributed by atoms with E-state index in [4.69, 9.17) is 4.74 Å². The van der Waals surface area contributed by atoms with E-state index in [2.05, 4.69) is 15.1 Å². The normalized spacial score (nSPS) is 11.1. The number of urea groups is 1. The molecule has 0 aliphatic heterocycles. The maximum atomic E-state index is 13.0. The van der Waals surface area contributed by atoms with E-state index in [1.807, 2.05) is 6.07 Å². The first-order chi connectivity index (χ1) is 12.8. The number of carbonyl (C=O) groups excluding carboxylic acids is 1. The maximum absolute atomic E-state index is 13.0. The molecule has 140 valence electrons. The SMILES string of the molecule is Cc1cc(NC(=O)Nc2ccccc2Oc2ccccc2)c(C(F)(F)F)o1. The summed E-state index contributed by atoms with van der Waals surface area (Å²) < 4.78 is 49.2. The Bertz CT molecular complexity index is 937. The Kier molecular flexibility index (Phi) is 5.07. The Morgan fingerprint density at radius 1 is 0.963 bits per heavy atom. The van der Waals surface area contributed by atoms with Crippen LogP contribution in [0.2, 0.25) is 0 Å². The van der Waals surface area contributed by atoms with Gasteiger partial charge in [-0.05, 0) is 31.2 Å². The number of hydrogen-bond donors (Lipinski definition) is 2.